The Hall–Kier alpha value is -1.30. The quantitative estimate of drug-likeness (QED) is 0.860. The number of hydrogen-bond donors (Lipinski definition) is 2. The fourth-order valence-electron chi connectivity index (χ4n) is 2.33. The monoisotopic (exact) mass is 360 g/mol. The minimum absolute atomic E-state index is 0. The molecule has 1 atom stereocenters. The largest absolute Gasteiger partial charge is 0.348 e. The molecular formula is C16H26Cl2N4O. The van der Waals surface area contributed by atoms with E-state index in [9.17, 15) is 4.79 Å². The van der Waals surface area contributed by atoms with E-state index in [1.165, 1.54) is 0 Å². The van der Waals surface area contributed by atoms with Gasteiger partial charge in [-0.05, 0) is 31.9 Å². The predicted octanol–water partition coefficient (Wildman–Crippen LogP) is 2.68. The van der Waals surface area contributed by atoms with E-state index in [-0.39, 0.29) is 48.7 Å². The Balaban J connectivity index is 0.00000242. The number of carbonyl (C=O) groups is 1. The second-order valence-corrected chi connectivity index (χ2v) is 6.06. The molecule has 1 unspecified atom stereocenters. The topological polar surface area (TPSA) is 72.9 Å². The number of nitrogens with one attached hydrogen (secondary N) is 1. The zero-order valence-corrected chi connectivity index (χ0v) is 15.6. The van der Waals surface area contributed by atoms with Gasteiger partial charge in [-0.15, -0.1) is 24.8 Å². The number of nitrogens with two attached hydrogens (primary N) is 1. The molecule has 130 valence electrons. The maximum Gasteiger partial charge on any atom is 0.240 e. The molecule has 3 N–H and O–H groups in total. The van der Waals surface area contributed by atoms with E-state index >= 15 is 0 Å². The number of aromatic nitrogens is 2. The van der Waals surface area contributed by atoms with Gasteiger partial charge in [0.1, 0.15) is 12.4 Å². The van der Waals surface area contributed by atoms with Crippen LogP contribution < -0.4 is 11.1 Å². The van der Waals surface area contributed by atoms with Gasteiger partial charge in [0.2, 0.25) is 5.91 Å². The highest BCUT2D eigenvalue weighted by molar-refractivity contribution is 5.85. The molecule has 7 heteroatoms. The Morgan fingerprint density at radius 2 is 1.96 bits per heavy atom. The number of fused-ring (bicyclic) bond motifs is 1. The SMILES string of the molecule is Cc1nc2ccccc2n1CC(=O)NC(C)(CN)C(C)C.Cl.Cl. The van der Waals surface area contributed by atoms with Crippen LogP contribution in [-0.4, -0.2) is 27.5 Å². The Bertz CT molecular complexity index is 657. The van der Waals surface area contributed by atoms with Gasteiger partial charge in [0, 0.05) is 6.54 Å². The number of para-hydroxylation sites is 2. The summed E-state index contributed by atoms with van der Waals surface area (Å²) in [6.45, 7) is 8.69. The van der Waals surface area contributed by atoms with Crippen LogP contribution >= 0.6 is 24.8 Å². The number of imidazole rings is 1. The van der Waals surface area contributed by atoms with E-state index in [4.69, 9.17) is 5.73 Å². The minimum atomic E-state index is -0.388. The second-order valence-electron chi connectivity index (χ2n) is 6.06. The molecule has 23 heavy (non-hydrogen) atoms. The number of aryl methyl sites for hydroxylation is 1. The molecule has 0 saturated heterocycles. The van der Waals surface area contributed by atoms with Crippen molar-refractivity contribution in [2.45, 2.75) is 39.8 Å². The molecule has 0 spiro atoms. The smallest absolute Gasteiger partial charge is 0.240 e. The minimum Gasteiger partial charge on any atom is -0.348 e. The van der Waals surface area contributed by atoms with E-state index in [1.807, 2.05) is 42.7 Å². The van der Waals surface area contributed by atoms with Crippen LogP contribution in [0.4, 0.5) is 0 Å². The number of hydrogen-bond acceptors (Lipinski definition) is 3. The summed E-state index contributed by atoms with van der Waals surface area (Å²) in [6.07, 6.45) is 0. The van der Waals surface area contributed by atoms with Gasteiger partial charge in [0.15, 0.2) is 0 Å². The third-order valence-corrected chi connectivity index (χ3v) is 4.27. The molecule has 2 rings (SSSR count). The van der Waals surface area contributed by atoms with E-state index in [1.54, 1.807) is 0 Å². The fraction of sp³-hybridized carbons (Fsp3) is 0.500. The van der Waals surface area contributed by atoms with Crippen LogP contribution in [-0.2, 0) is 11.3 Å². The fourth-order valence-corrected chi connectivity index (χ4v) is 2.33. The van der Waals surface area contributed by atoms with Crippen LogP contribution in [0.2, 0.25) is 0 Å². The maximum atomic E-state index is 12.4. The van der Waals surface area contributed by atoms with Crippen molar-refractivity contribution in [2.24, 2.45) is 11.7 Å². The van der Waals surface area contributed by atoms with Gasteiger partial charge in [0.25, 0.3) is 0 Å². The van der Waals surface area contributed by atoms with Gasteiger partial charge in [0.05, 0.1) is 16.6 Å². The molecule has 0 bridgehead atoms. The van der Waals surface area contributed by atoms with Gasteiger partial charge in [-0.25, -0.2) is 4.98 Å². The van der Waals surface area contributed by atoms with Gasteiger partial charge < -0.3 is 15.6 Å². The normalized spacial score (nSPS) is 13.1. The number of halogens is 2. The van der Waals surface area contributed by atoms with Gasteiger partial charge in [-0.3, -0.25) is 4.79 Å². The molecule has 1 aromatic heterocycles. The molecule has 5 nitrogen and oxygen atoms in total. The summed E-state index contributed by atoms with van der Waals surface area (Å²) in [5, 5.41) is 3.06. The molecule has 1 amide bonds. The lowest BCUT2D eigenvalue weighted by Crippen LogP contribution is -2.55. The first-order valence-electron chi connectivity index (χ1n) is 7.30. The van der Waals surface area contributed by atoms with E-state index in [2.05, 4.69) is 24.1 Å². The van der Waals surface area contributed by atoms with Crippen molar-refractivity contribution in [3.8, 4) is 0 Å². The summed E-state index contributed by atoms with van der Waals surface area (Å²) < 4.78 is 1.93. The number of benzene rings is 1. The Morgan fingerprint density at radius 1 is 1.35 bits per heavy atom. The van der Waals surface area contributed by atoms with Crippen molar-refractivity contribution < 1.29 is 4.79 Å². The Labute approximate surface area is 149 Å². The van der Waals surface area contributed by atoms with Crippen LogP contribution in [0.5, 0.6) is 0 Å². The lowest BCUT2D eigenvalue weighted by atomic mass is 9.88. The second kappa shape index (κ2) is 8.52. The number of amides is 1. The summed E-state index contributed by atoms with van der Waals surface area (Å²) in [6, 6.07) is 7.83. The molecular weight excluding hydrogens is 335 g/mol. The highest BCUT2D eigenvalue weighted by atomic mass is 35.5. The zero-order chi connectivity index (χ0) is 15.6. The number of carbonyl (C=O) groups excluding carboxylic acids is 1. The predicted molar refractivity (Wildman–Crippen MR) is 99.4 cm³/mol. The van der Waals surface area contributed by atoms with Gasteiger partial charge >= 0.3 is 0 Å². The van der Waals surface area contributed by atoms with Crippen molar-refractivity contribution in [2.75, 3.05) is 6.54 Å². The van der Waals surface area contributed by atoms with E-state index < -0.39 is 0 Å². The third-order valence-electron chi connectivity index (χ3n) is 4.27. The lowest BCUT2D eigenvalue weighted by Gasteiger charge is -2.33. The summed E-state index contributed by atoms with van der Waals surface area (Å²) in [7, 11) is 0. The molecule has 0 fully saturated rings. The van der Waals surface area contributed by atoms with Crippen molar-refractivity contribution in [3.05, 3.63) is 30.1 Å². The Morgan fingerprint density at radius 3 is 2.52 bits per heavy atom. The first-order valence-corrected chi connectivity index (χ1v) is 7.30. The standard InChI is InChI=1S/C16H24N4O.2ClH/c1-11(2)16(4,10-17)19-15(21)9-20-12(3)18-13-7-5-6-8-14(13)20;;/h5-8,11H,9-10,17H2,1-4H3,(H,19,21);2*1H. The van der Waals surface area contributed by atoms with E-state index in [0.717, 1.165) is 16.9 Å². The third kappa shape index (κ3) is 4.59. The van der Waals surface area contributed by atoms with Crippen LogP contribution in [0.25, 0.3) is 11.0 Å². The van der Waals surface area contributed by atoms with Gasteiger partial charge in [-0.2, -0.15) is 0 Å². The number of rotatable bonds is 5. The molecule has 0 radical (unpaired) electrons. The summed E-state index contributed by atoms with van der Waals surface area (Å²) >= 11 is 0. The van der Waals surface area contributed by atoms with Gasteiger partial charge in [-0.1, -0.05) is 26.0 Å². The van der Waals surface area contributed by atoms with Crippen LogP contribution in [0, 0.1) is 12.8 Å². The highest BCUT2D eigenvalue weighted by Crippen LogP contribution is 2.17. The summed E-state index contributed by atoms with van der Waals surface area (Å²) in [5.41, 5.74) is 7.32. The zero-order valence-electron chi connectivity index (χ0n) is 14.0. The van der Waals surface area contributed by atoms with Crippen molar-refractivity contribution in [1.82, 2.24) is 14.9 Å². The lowest BCUT2D eigenvalue weighted by molar-refractivity contribution is -0.123. The van der Waals surface area contributed by atoms with Crippen LogP contribution in [0.3, 0.4) is 0 Å². The molecule has 2 aromatic rings. The molecule has 0 aliphatic rings. The highest BCUT2D eigenvalue weighted by Gasteiger charge is 2.28. The maximum absolute atomic E-state index is 12.4. The molecule has 1 heterocycles. The molecule has 0 saturated carbocycles. The van der Waals surface area contributed by atoms with Crippen LogP contribution in [0.1, 0.15) is 26.6 Å². The average molecular weight is 361 g/mol. The van der Waals surface area contributed by atoms with E-state index in [0.29, 0.717) is 6.54 Å². The Kier molecular flexibility index (Phi) is 8.04. The molecule has 1 aromatic carbocycles. The number of nitrogens with zero attached hydrogens (tertiary/aromatic N) is 2. The first-order chi connectivity index (χ1) is 9.87. The first kappa shape index (κ1) is 21.7. The molecule has 0 aliphatic heterocycles. The van der Waals surface area contributed by atoms with Crippen molar-refractivity contribution in [3.63, 3.8) is 0 Å². The summed E-state index contributed by atoms with van der Waals surface area (Å²) in [5.74, 6) is 1.07. The average Bonchev–Trinajstić information content (AvgIpc) is 2.75. The van der Waals surface area contributed by atoms with Crippen LogP contribution in [0.15, 0.2) is 24.3 Å². The van der Waals surface area contributed by atoms with Crippen molar-refractivity contribution in [1.29, 1.82) is 0 Å². The summed E-state index contributed by atoms with van der Waals surface area (Å²) in [4.78, 5) is 16.8. The van der Waals surface area contributed by atoms with Crippen molar-refractivity contribution >= 4 is 41.8 Å². The molecule has 0 aliphatic carbocycles.